The maximum absolute atomic E-state index is 13.3. The van der Waals surface area contributed by atoms with Gasteiger partial charge < -0.3 is 28.8 Å². The number of benzene rings is 2. The van der Waals surface area contributed by atoms with E-state index in [-0.39, 0.29) is 11.3 Å². The third kappa shape index (κ3) is 5.45. The molecule has 1 aromatic heterocycles. The van der Waals surface area contributed by atoms with Crippen LogP contribution in [0.15, 0.2) is 66.8 Å². The average molecular weight is 506 g/mol. The summed E-state index contributed by atoms with van der Waals surface area (Å²) < 4.78 is 18.4. The molecule has 2 heterocycles. The zero-order valence-electron chi connectivity index (χ0n) is 21.2. The van der Waals surface area contributed by atoms with E-state index in [4.69, 9.17) is 14.2 Å². The van der Waals surface area contributed by atoms with Crippen LogP contribution >= 0.6 is 0 Å². The summed E-state index contributed by atoms with van der Waals surface area (Å²) in [6.45, 7) is 3.47. The Morgan fingerprint density at radius 3 is 2.46 bits per heavy atom. The second-order valence-electron chi connectivity index (χ2n) is 8.63. The number of rotatable bonds is 11. The highest BCUT2D eigenvalue weighted by molar-refractivity contribution is 6.46. The Morgan fingerprint density at radius 2 is 1.81 bits per heavy atom. The summed E-state index contributed by atoms with van der Waals surface area (Å²) in [7, 11) is 3.09. The van der Waals surface area contributed by atoms with E-state index >= 15 is 0 Å². The van der Waals surface area contributed by atoms with Gasteiger partial charge in [0, 0.05) is 31.0 Å². The fourth-order valence-electron chi connectivity index (χ4n) is 4.39. The lowest BCUT2D eigenvalue weighted by Crippen LogP contribution is -2.31. The van der Waals surface area contributed by atoms with Crippen LogP contribution in [-0.2, 0) is 16.1 Å². The molecule has 0 radical (unpaired) electrons. The molecule has 0 bridgehead atoms. The van der Waals surface area contributed by atoms with Gasteiger partial charge >= 0.3 is 0 Å². The fraction of sp³-hybridized carbons (Fsp3) is 0.321. The average Bonchev–Trinajstić information content (AvgIpc) is 3.54. The number of hydrogen-bond acceptors (Lipinski definition) is 7. The van der Waals surface area contributed by atoms with Gasteiger partial charge in [0.2, 0.25) is 0 Å². The molecule has 1 amide bonds. The van der Waals surface area contributed by atoms with Crippen molar-refractivity contribution in [1.82, 2.24) is 14.5 Å². The molecule has 1 unspecified atom stereocenters. The number of ketones is 1. The number of aromatic nitrogens is 2. The maximum Gasteiger partial charge on any atom is 0.295 e. The van der Waals surface area contributed by atoms with Gasteiger partial charge in [0.1, 0.15) is 11.5 Å². The van der Waals surface area contributed by atoms with Crippen molar-refractivity contribution in [1.29, 1.82) is 0 Å². The highest BCUT2D eigenvalue weighted by Crippen LogP contribution is 2.42. The Bertz CT molecular complexity index is 1270. The molecule has 1 saturated heterocycles. The van der Waals surface area contributed by atoms with Gasteiger partial charge in [-0.2, -0.15) is 0 Å². The molecule has 0 saturated carbocycles. The quantitative estimate of drug-likeness (QED) is 0.237. The standard InChI is InChI=1S/C28H31N3O6/c1-4-16-37-22-11-8-20(17-23(22)36-3)25-24(26(32)19-6-9-21(35-2)10-7-19)27(33)28(34)31(25)14-5-13-30-15-12-29-18-30/h6-12,15,17-18,25,32H,4-5,13-14,16H2,1-3H3. The van der Waals surface area contributed by atoms with Gasteiger partial charge in [-0.05, 0) is 54.8 Å². The normalized spacial score (nSPS) is 16.7. The summed E-state index contributed by atoms with van der Waals surface area (Å²) >= 11 is 0. The lowest BCUT2D eigenvalue weighted by molar-refractivity contribution is -0.139. The first kappa shape index (κ1) is 25.8. The maximum atomic E-state index is 13.3. The molecule has 9 nitrogen and oxygen atoms in total. The van der Waals surface area contributed by atoms with Gasteiger partial charge in [-0.3, -0.25) is 9.59 Å². The molecule has 0 aliphatic carbocycles. The van der Waals surface area contributed by atoms with E-state index < -0.39 is 17.7 Å². The van der Waals surface area contributed by atoms with Crippen molar-refractivity contribution in [3.05, 3.63) is 77.9 Å². The van der Waals surface area contributed by atoms with E-state index in [2.05, 4.69) is 4.98 Å². The Morgan fingerprint density at radius 1 is 1.03 bits per heavy atom. The Balaban J connectivity index is 1.75. The van der Waals surface area contributed by atoms with Gasteiger partial charge in [0.15, 0.2) is 11.5 Å². The van der Waals surface area contributed by atoms with Crippen LogP contribution in [0.3, 0.4) is 0 Å². The summed E-state index contributed by atoms with van der Waals surface area (Å²) in [5.41, 5.74) is 1.08. The third-order valence-corrected chi connectivity index (χ3v) is 6.24. The van der Waals surface area contributed by atoms with E-state index in [1.807, 2.05) is 17.7 Å². The first-order valence-corrected chi connectivity index (χ1v) is 12.2. The molecule has 1 fully saturated rings. The van der Waals surface area contributed by atoms with Crippen LogP contribution < -0.4 is 14.2 Å². The number of imidazole rings is 1. The highest BCUT2D eigenvalue weighted by Gasteiger charge is 2.46. The Hall–Kier alpha value is -4.27. The summed E-state index contributed by atoms with van der Waals surface area (Å²) in [4.78, 5) is 32.1. The predicted molar refractivity (Wildman–Crippen MR) is 138 cm³/mol. The number of hydrogen-bond donors (Lipinski definition) is 1. The van der Waals surface area contributed by atoms with Crippen LogP contribution in [-0.4, -0.2) is 58.6 Å². The van der Waals surface area contributed by atoms with Crippen LogP contribution in [0.1, 0.15) is 36.9 Å². The third-order valence-electron chi connectivity index (χ3n) is 6.24. The minimum absolute atomic E-state index is 0.0297. The molecule has 37 heavy (non-hydrogen) atoms. The number of ether oxygens (including phenoxy) is 3. The number of aryl methyl sites for hydroxylation is 1. The van der Waals surface area contributed by atoms with Crippen LogP contribution in [0, 0.1) is 0 Å². The summed E-state index contributed by atoms with van der Waals surface area (Å²) in [6.07, 6.45) is 6.67. The minimum Gasteiger partial charge on any atom is -0.507 e. The van der Waals surface area contributed by atoms with Gasteiger partial charge in [0.25, 0.3) is 11.7 Å². The van der Waals surface area contributed by atoms with Crippen LogP contribution in [0.5, 0.6) is 17.2 Å². The zero-order valence-corrected chi connectivity index (χ0v) is 21.2. The molecule has 194 valence electrons. The topological polar surface area (TPSA) is 103 Å². The summed E-state index contributed by atoms with van der Waals surface area (Å²) in [6, 6.07) is 11.2. The van der Waals surface area contributed by atoms with Crippen molar-refractivity contribution in [3.63, 3.8) is 0 Å². The number of nitrogens with zero attached hydrogens (tertiary/aromatic N) is 3. The Labute approximate surface area is 215 Å². The number of methoxy groups -OCH3 is 2. The lowest BCUT2D eigenvalue weighted by atomic mass is 9.95. The minimum atomic E-state index is -0.793. The molecule has 4 rings (SSSR count). The van der Waals surface area contributed by atoms with Gasteiger partial charge in [-0.1, -0.05) is 13.0 Å². The molecule has 1 atom stereocenters. The predicted octanol–water partition coefficient (Wildman–Crippen LogP) is 4.20. The molecular weight excluding hydrogens is 474 g/mol. The first-order chi connectivity index (χ1) is 18.0. The molecule has 1 aliphatic rings. The molecular formula is C28H31N3O6. The van der Waals surface area contributed by atoms with Gasteiger partial charge in [-0.25, -0.2) is 4.98 Å². The number of amides is 1. The fourth-order valence-corrected chi connectivity index (χ4v) is 4.39. The highest BCUT2D eigenvalue weighted by atomic mass is 16.5. The molecule has 2 aromatic carbocycles. The molecule has 9 heteroatoms. The van der Waals surface area contributed by atoms with Crippen molar-refractivity contribution >= 4 is 17.4 Å². The Kier molecular flexibility index (Phi) is 8.12. The number of aliphatic hydroxyl groups excluding tert-OH is 1. The van der Waals surface area contributed by atoms with Gasteiger partial charge in [0.05, 0.1) is 38.8 Å². The lowest BCUT2D eigenvalue weighted by Gasteiger charge is -2.26. The van der Waals surface area contributed by atoms with Gasteiger partial charge in [-0.15, -0.1) is 0 Å². The molecule has 3 aromatic rings. The van der Waals surface area contributed by atoms with E-state index in [1.165, 1.54) is 12.0 Å². The van der Waals surface area contributed by atoms with Crippen molar-refractivity contribution < 1.29 is 28.9 Å². The SMILES string of the molecule is CCCOc1ccc(C2C(=C(O)c3ccc(OC)cc3)C(=O)C(=O)N2CCCn2ccnc2)cc1OC. The van der Waals surface area contributed by atoms with E-state index in [9.17, 15) is 14.7 Å². The van der Waals surface area contributed by atoms with E-state index in [0.29, 0.717) is 54.5 Å². The van der Waals surface area contributed by atoms with Crippen LogP contribution in [0.25, 0.3) is 5.76 Å². The smallest absolute Gasteiger partial charge is 0.295 e. The van der Waals surface area contributed by atoms with Crippen LogP contribution in [0.2, 0.25) is 0 Å². The number of carbonyl (C=O) groups excluding carboxylic acids is 2. The van der Waals surface area contributed by atoms with Crippen LogP contribution in [0.4, 0.5) is 0 Å². The first-order valence-electron chi connectivity index (χ1n) is 12.2. The van der Waals surface area contributed by atoms with E-state index in [1.54, 1.807) is 62.1 Å². The number of aliphatic hydroxyl groups is 1. The van der Waals surface area contributed by atoms with Crippen molar-refractivity contribution in [3.8, 4) is 17.2 Å². The second kappa shape index (κ2) is 11.6. The van der Waals surface area contributed by atoms with Crippen molar-refractivity contribution in [2.75, 3.05) is 27.4 Å². The monoisotopic (exact) mass is 505 g/mol. The molecule has 1 N–H and O–H groups in total. The number of carbonyl (C=O) groups is 2. The van der Waals surface area contributed by atoms with E-state index in [0.717, 1.165) is 6.42 Å². The largest absolute Gasteiger partial charge is 0.507 e. The number of Topliss-reactive ketones (excluding diaryl/α,β-unsaturated/α-hetero) is 1. The molecule has 1 aliphatic heterocycles. The summed E-state index contributed by atoms with van der Waals surface area (Å²) in [5.74, 6) is 0.0377. The van der Waals surface area contributed by atoms with Crippen molar-refractivity contribution in [2.45, 2.75) is 32.4 Å². The zero-order chi connectivity index (χ0) is 26.4. The van der Waals surface area contributed by atoms with Crippen molar-refractivity contribution in [2.24, 2.45) is 0 Å². The number of likely N-dealkylation sites (tertiary alicyclic amines) is 1. The molecule has 0 spiro atoms. The second-order valence-corrected chi connectivity index (χ2v) is 8.63. The summed E-state index contributed by atoms with van der Waals surface area (Å²) in [5, 5.41) is 11.3.